The van der Waals surface area contributed by atoms with Crippen molar-refractivity contribution in [2.75, 3.05) is 19.0 Å². The van der Waals surface area contributed by atoms with E-state index in [1.165, 1.54) is 19.3 Å². The molecule has 1 aliphatic heterocycles. The second-order valence-electron chi connectivity index (χ2n) is 6.48. The lowest BCUT2D eigenvalue weighted by Gasteiger charge is -2.13. The number of amides is 3. The fourth-order valence-corrected chi connectivity index (χ4v) is 3.66. The summed E-state index contributed by atoms with van der Waals surface area (Å²) in [6, 6.07) is 9.42. The second-order valence-corrected chi connectivity index (χ2v) is 7.47. The van der Waals surface area contributed by atoms with Crippen molar-refractivity contribution in [3.05, 3.63) is 62.5 Å². The van der Waals surface area contributed by atoms with Crippen LogP contribution in [0.4, 0.5) is 16.2 Å². The van der Waals surface area contributed by atoms with Crippen molar-refractivity contribution >= 4 is 46.3 Å². The van der Waals surface area contributed by atoms with Crippen LogP contribution in [0.3, 0.4) is 0 Å². The monoisotopic (exact) mass is 443 g/mol. The molecule has 0 saturated carbocycles. The summed E-state index contributed by atoms with van der Waals surface area (Å²) in [6.45, 7) is 1.33. The molecule has 0 aliphatic carbocycles. The Kier molecular flexibility index (Phi) is 6.25. The molecule has 0 bridgehead atoms. The molecule has 2 aromatic rings. The Morgan fingerprint density at radius 2 is 2.03 bits per heavy atom. The summed E-state index contributed by atoms with van der Waals surface area (Å²) < 4.78 is 4.92. The van der Waals surface area contributed by atoms with Gasteiger partial charge in [0.2, 0.25) is 11.7 Å². The summed E-state index contributed by atoms with van der Waals surface area (Å²) in [5, 5.41) is 23.0. The van der Waals surface area contributed by atoms with Gasteiger partial charge in [-0.25, -0.2) is 0 Å². The number of nitro groups is 1. The van der Waals surface area contributed by atoms with Crippen molar-refractivity contribution in [1.82, 2.24) is 4.90 Å². The van der Waals surface area contributed by atoms with Gasteiger partial charge in [0, 0.05) is 11.8 Å². The number of carbonyl (C=O) groups is 3. The van der Waals surface area contributed by atoms with E-state index >= 15 is 0 Å². The maximum Gasteiger partial charge on any atom is 0.315 e. The average molecular weight is 443 g/mol. The van der Waals surface area contributed by atoms with E-state index in [0.717, 1.165) is 16.5 Å². The van der Waals surface area contributed by atoms with E-state index in [0.29, 0.717) is 17.4 Å². The molecule has 0 radical (unpaired) electrons. The van der Waals surface area contributed by atoms with Gasteiger partial charge in [-0.1, -0.05) is 18.2 Å². The number of benzene rings is 2. The van der Waals surface area contributed by atoms with Gasteiger partial charge in [-0.05, 0) is 48.0 Å². The number of phenolic OH excluding ortho intramolecular Hbond substituents is 1. The molecule has 1 saturated heterocycles. The Hall–Kier alpha value is -3.86. The van der Waals surface area contributed by atoms with E-state index in [9.17, 15) is 29.6 Å². The first-order valence-corrected chi connectivity index (χ1v) is 9.69. The number of rotatable bonds is 6. The molecule has 31 heavy (non-hydrogen) atoms. The first-order valence-electron chi connectivity index (χ1n) is 8.87. The number of hydrogen-bond acceptors (Lipinski definition) is 8. The summed E-state index contributed by atoms with van der Waals surface area (Å²) in [7, 11) is 1.23. The molecule has 1 aliphatic rings. The van der Waals surface area contributed by atoms with Gasteiger partial charge in [-0.15, -0.1) is 0 Å². The average Bonchev–Trinajstić information content (AvgIpc) is 2.98. The molecule has 1 heterocycles. The standard InChI is InChI=1S/C20H17N3O7S/c1-11-5-3-4-6-13(11)21-17(24)10-22-19(26)16(31-20(22)27)9-12-7-14(23(28)29)18(25)15(8-12)30-2/h3-9,25H,10H2,1-2H3,(H,21,24)/b16-9+. The summed E-state index contributed by atoms with van der Waals surface area (Å²) in [6.07, 6.45) is 1.26. The molecule has 3 amide bonds. The van der Waals surface area contributed by atoms with Crippen LogP contribution in [0.15, 0.2) is 41.3 Å². The predicted molar refractivity (Wildman–Crippen MR) is 114 cm³/mol. The van der Waals surface area contributed by atoms with Gasteiger partial charge in [0.15, 0.2) is 5.75 Å². The number of ether oxygens (including phenoxy) is 1. The topological polar surface area (TPSA) is 139 Å². The Bertz CT molecular complexity index is 1130. The van der Waals surface area contributed by atoms with E-state index in [2.05, 4.69) is 5.32 Å². The number of imide groups is 1. The number of phenols is 1. The van der Waals surface area contributed by atoms with Crippen molar-refractivity contribution in [2.24, 2.45) is 0 Å². The number of anilines is 1. The van der Waals surface area contributed by atoms with Crippen molar-refractivity contribution in [3.63, 3.8) is 0 Å². The highest BCUT2D eigenvalue weighted by Gasteiger charge is 2.36. The molecule has 0 aromatic heterocycles. The first kappa shape index (κ1) is 21.8. The smallest absolute Gasteiger partial charge is 0.315 e. The van der Waals surface area contributed by atoms with E-state index in [-0.39, 0.29) is 16.2 Å². The van der Waals surface area contributed by atoms with Crippen LogP contribution in [0.2, 0.25) is 0 Å². The van der Waals surface area contributed by atoms with Crippen LogP contribution in [0, 0.1) is 17.0 Å². The molecule has 10 nitrogen and oxygen atoms in total. The zero-order valence-electron chi connectivity index (χ0n) is 16.4. The molecule has 2 aromatic carbocycles. The quantitative estimate of drug-likeness (QED) is 0.394. The number of thioether (sulfide) groups is 1. The van der Waals surface area contributed by atoms with E-state index in [1.54, 1.807) is 12.1 Å². The van der Waals surface area contributed by atoms with Gasteiger partial charge < -0.3 is 15.2 Å². The van der Waals surface area contributed by atoms with Crippen LogP contribution in [-0.2, 0) is 9.59 Å². The number of para-hydroxylation sites is 1. The third kappa shape index (κ3) is 4.67. The molecule has 3 rings (SSSR count). The number of nitro benzene ring substituents is 1. The van der Waals surface area contributed by atoms with Gasteiger partial charge >= 0.3 is 5.69 Å². The summed E-state index contributed by atoms with van der Waals surface area (Å²) in [5.74, 6) is -2.05. The maximum atomic E-state index is 12.6. The van der Waals surface area contributed by atoms with E-state index in [1.807, 2.05) is 19.1 Å². The first-order chi connectivity index (χ1) is 14.7. The molecular formula is C20H17N3O7S. The molecular weight excluding hydrogens is 426 g/mol. The van der Waals surface area contributed by atoms with Crippen molar-refractivity contribution in [2.45, 2.75) is 6.92 Å². The Morgan fingerprint density at radius 1 is 1.32 bits per heavy atom. The van der Waals surface area contributed by atoms with Gasteiger partial charge in [0.1, 0.15) is 6.54 Å². The molecule has 1 fully saturated rings. The molecule has 11 heteroatoms. The minimum atomic E-state index is -0.795. The highest BCUT2D eigenvalue weighted by Crippen LogP contribution is 2.39. The van der Waals surface area contributed by atoms with Gasteiger partial charge in [0.05, 0.1) is 16.9 Å². The largest absolute Gasteiger partial charge is 0.500 e. The van der Waals surface area contributed by atoms with Crippen molar-refractivity contribution in [1.29, 1.82) is 0 Å². The van der Waals surface area contributed by atoms with Gasteiger partial charge in [-0.3, -0.25) is 29.4 Å². The number of nitrogens with one attached hydrogen (secondary N) is 1. The minimum absolute atomic E-state index is 0.0178. The Morgan fingerprint density at radius 3 is 2.68 bits per heavy atom. The van der Waals surface area contributed by atoms with Crippen LogP contribution in [0.1, 0.15) is 11.1 Å². The highest BCUT2D eigenvalue weighted by atomic mass is 32.2. The van der Waals surface area contributed by atoms with Crippen LogP contribution in [-0.4, -0.2) is 45.6 Å². The Balaban J connectivity index is 1.81. The van der Waals surface area contributed by atoms with Crippen LogP contribution >= 0.6 is 11.8 Å². The summed E-state index contributed by atoms with van der Waals surface area (Å²) >= 11 is 0.605. The second kappa shape index (κ2) is 8.88. The normalized spacial score (nSPS) is 14.8. The van der Waals surface area contributed by atoms with Crippen LogP contribution < -0.4 is 10.1 Å². The zero-order chi connectivity index (χ0) is 22.7. The highest BCUT2D eigenvalue weighted by molar-refractivity contribution is 8.18. The van der Waals surface area contributed by atoms with Crippen LogP contribution in [0.25, 0.3) is 6.08 Å². The molecule has 0 atom stereocenters. The lowest BCUT2D eigenvalue weighted by atomic mass is 10.1. The van der Waals surface area contributed by atoms with E-state index < -0.39 is 40.0 Å². The number of hydrogen-bond donors (Lipinski definition) is 2. The molecule has 0 unspecified atom stereocenters. The maximum absolute atomic E-state index is 12.6. The SMILES string of the molecule is COc1cc(/C=C2/SC(=O)N(CC(=O)Nc3ccccc3C)C2=O)cc([N+](=O)[O-])c1O. The van der Waals surface area contributed by atoms with Gasteiger partial charge in [0.25, 0.3) is 11.1 Å². The molecule has 2 N–H and O–H groups in total. The number of methoxy groups -OCH3 is 1. The number of aryl methyl sites for hydroxylation is 1. The minimum Gasteiger partial charge on any atom is -0.500 e. The fourth-order valence-electron chi connectivity index (χ4n) is 2.83. The molecule has 160 valence electrons. The number of aromatic hydroxyl groups is 1. The fraction of sp³-hybridized carbons (Fsp3) is 0.150. The van der Waals surface area contributed by atoms with E-state index in [4.69, 9.17) is 4.74 Å². The predicted octanol–water partition coefficient (Wildman–Crippen LogP) is 3.29. The Labute approximate surface area is 180 Å². The van der Waals surface area contributed by atoms with Crippen LogP contribution in [0.5, 0.6) is 11.5 Å². The van der Waals surface area contributed by atoms with Gasteiger partial charge in [-0.2, -0.15) is 0 Å². The lowest BCUT2D eigenvalue weighted by molar-refractivity contribution is -0.386. The third-order valence-corrected chi connectivity index (χ3v) is 5.29. The number of carbonyl (C=O) groups excluding carboxylic acids is 3. The molecule has 0 spiro atoms. The zero-order valence-corrected chi connectivity index (χ0v) is 17.3. The third-order valence-electron chi connectivity index (χ3n) is 4.39. The van der Waals surface area contributed by atoms with Crippen molar-refractivity contribution in [3.8, 4) is 11.5 Å². The van der Waals surface area contributed by atoms with Crippen molar-refractivity contribution < 1.29 is 29.2 Å². The summed E-state index contributed by atoms with van der Waals surface area (Å²) in [4.78, 5) is 48.3. The lowest BCUT2D eigenvalue weighted by Crippen LogP contribution is -2.36. The number of nitrogens with zero attached hydrogens (tertiary/aromatic N) is 2. The summed E-state index contributed by atoms with van der Waals surface area (Å²) in [5.41, 5.74) is 0.963.